The number of ether oxygens (including phenoxy) is 2. The molecule has 0 radical (unpaired) electrons. The summed E-state index contributed by atoms with van der Waals surface area (Å²) in [4.78, 5) is 27.5. The smallest absolute Gasteiger partial charge is 0.275 e. The summed E-state index contributed by atoms with van der Waals surface area (Å²) in [6, 6.07) is 8.82. The molecule has 1 atom stereocenters. The molecule has 180 valence electrons. The third-order valence-corrected chi connectivity index (χ3v) is 5.78. The minimum atomic E-state index is -0.457. The highest BCUT2D eigenvalue weighted by Gasteiger charge is 2.32. The number of hydrogen-bond acceptors (Lipinski definition) is 5. The van der Waals surface area contributed by atoms with Gasteiger partial charge in [0.2, 0.25) is 0 Å². The molecule has 0 spiro atoms. The summed E-state index contributed by atoms with van der Waals surface area (Å²) in [6.07, 6.45) is 1.73. The number of nitrogens with one attached hydrogen (secondary N) is 1. The number of hydrazine groups is 1. The van der Waals surface area contributed by atoms with E-state index in [0.29, 0.717) is 22.6 Å². The van der Waals surface area contributed by atoms with Gasteiger partial charge in [0.25, 0.3) is 11.8 Å². The van der Waals surface area contributed by atoms with Gasteiger partial charge in [-0.15, -0.1) is 0 Å². The van der Waals surface area contributed by atoms with Gasteiger partial charge in [-0.25, -0.2) is 10.4 Å². The van der Waals surface area contributed by atoms with Crippen LogP contribution in [0.25, 0.3) is 0 Å². The Kier molecular flexibility index (Phi) is 8.67. The van der Waals surface area contributed by atoms with Gasteiger partial charge >= 0.3 is 0 Å². The summed E-state index contributed by atoms with van der Waals surface area (Å²) in [7, 11) is 3.09. The van der Waals surface area contributed by atoms with Crippen LogP contribution in [0.4, 0.5) is 0 Å². The first-order valence-electron chi connectivity index (χ1n) is 11.4. The Hall–Kier alpha value is -2.86. The minimum Gasteiger partial charge on any atom is -0.496 e. The van der Waals surface area contributed by atoms with E-state index in [9.17, 15) is 9.59 Å². The first-order chi connectivity index (χ1) is 15.4. The normalized spacial score (nSPS) is 12.3. The van der Waals surface area contributed by atoms with Crippen molar-refractivity contribution in [2.75, 3.05) is 14.2 Å². The molecule has 33 heavy (non-hydrogen) atoms. The summed E-state index contributed by atoms with van der Waals surface area (Å²) in [5, 5.41) is 1.16. The highest BCUT2D eigenvalue weighted by atomic mass is 16.5. The number of aryl methyl sites for hydroxylation is 2. The molecule has 0 aliphatic rings. The van der Waals surface area contributed by atoms with Gasteiger partial charge in [-0.1, -0.05) is 51.3 Å². The van der Waals surface area contributed by atoms with Crippen LogP contribution in [0.1, 0.15) is 77.9 Å². The van der Waals surface area contributed by atoms with Crippen molar-refractivity contribution in [3.8, 4) is 11.5 Å². The van der Waals surface area contributed by atoms with Crippen LogP contribution in [-0.2, 0) is 0 Å². The van der Waals surface area contributed by atoms with Gasteiger partial charge in [0, 0.05) is 22.7 Å². The molecule has 0 aliphatic carbocycles. The number of carbonyl (C=O) groups is 2. The zero-order chi connectivity index (χ0) is 24.9. The molecule has 1 N–H and O–H groups in total. The van der Waals surface area contributed by atoms with Gasteiger partial charge < -0.3 is 9.47 Å². The lowest BCUT2D eigenvalue weighted by molar-refractivity contribution is 0.0424. The van der Waals surface area contributed by atoms with Gasteiger partial charge in [0.1, 0.15) is 11.5 Å². The van der Waals surface area contributed by atoms with Crippen molar-refractivity contribution in [3.05, 3.63) is 58.1 Å². The molecule has 6 nitrogen and oxygen atoms in total. The number of imide groups is 1. The number of rotatable bonds is 8. The van der Waals surface area contributed by atoms with Crippen LogP contribution in [0, 0.1) is 26.2 Å². The average molecular weight is 455 g/mol. The molecule has 0 aromatic heterocycles. The van der Waals surface area contributed by atoms with E-state index in [1.54, 1.807) is 38.5 Å². The van der Waals surface area contributed by atoms with Gasteiger partial charge in [-0.2, -0.15) is 0 Å². The van der Waals surface area contributed by atoms with Crippen LogP contribution in [0.2, 0.25) is 0 Å². The van der Waals surface area contributed by atoms with E-state index in [2.05, 4.69) is 33.1 Å². The van der Waals surface area contributed by atoms with Crippen LogP contribution < -0.4 is 14.9 Å². The monoisotopic (exact) mass is 454 g/mol. The van der Waals surface area contributed by atoms with Crippen molar-refractivity contribution in [2.45, 2.75) is 67.3 Å². The predicted octanol–water partition coefficient (Wildman–Crippen LogP) is 5.63. The highest BCUT2D eigenvalue weighted by molar-refractivity contribution is 6.10. The van der Waals surface area contributed by atoms with Crippen LogP contribution in [0.15, 0.2) is 30.3 Å². The summed E-state index contributed by atoms with van der Waals surface area (Å²) >= 11 is 0. The molecule has 0 bridgehead atoms. The summed E-state index contributed by atoms with van der Waals surface area (Å²) < 4.78 is 10.9. The van der Waals surface area contributed by atoms with Crippen molar-refractivity contribution in [3.63, 3.8) is 0 Å². The van der Waals surface area contributed by atoms with Crippen molar-refractivity contribution in [2.24, 2.45) is 5.41 Å². The summed E-state index contributed by atoms with van der Waals surface area (Å²) in [6.45, 7) is 14.1. The second-order valence-electron chi connectivity index (χ2n) is 9.66. The molecular formula is C27H38N2O4. The lowest BCUT2D eigenvalue weighted by Gasteiger charge is -2.36. The largest absolute Gasteiger partial charge is 0.496 e. The van der Waals surface area contributed by atoms with E-state index in [-0.39, 0.29) is 11.5 Å². The van der Waals surface area contributed by atoms with Gasteiger partial charge in [-0.05, 0) is 56.9 Å². The Morgan fingerprint density at radius 1 is 0.879 bits per heavy atom. The van der Waals surface area contributed by atoms with Crippen LogP contribution in [-0.4, -0.2) is 37.1 Å². The second kappa shape index (κ2) is 10.8. The first-order valence-corrected chi connectivity index (χ1v) is 11.4. The number of benzene rings is 2. The van der Waals surface area contributed by atoms with E-state index in [0.717, 1.165) is 34.5 Å². The molecule has 6 heteroatoms. The van der Waals surface area contributed by atoms with E-state index in [1.807, 2.05) is 26.8 Å². The fraction of sp³-hybridized carbons (Fsp3) is 0.481. The minimum absolute atomic E-state index is 0.0875. The fourth-order valence-electron chi connectivity index (χ4n) is 3.91. The van der Waals surface area contributed by atoms with Crippen molar-refractivity contribution in [1.29, 1.82) is 0 Å². The maximum Gasteiger partial charge on any atom is 0.275 e. The number of carbonyl (C=O) groups excluding carboxylic acids is 2. The van der Waals surface area contributed by atoms with Crippen LogP contribution in [0.5, 0.6) is 11.5 Å². The lowest BCUT2D eigenvalue weighted by Crippen LogP contribution is -2.55. The number of methoxy groups -OCH3 is 2. The quantitative estimate of drug-likeness (QED) is 0.413. The number of nitrogens with zero attached hydrogens (tertiary/aromatic N) is 1. The third kappa shape index (κ3) is 6.35. The third-order valence-electron chi connectivity index (χ3n) is 5.78. The number of hydrogen-bond donors (Lipinski definition) is 1. The Morgan fingerprint density at radius 3 is 1.73 bits per heavy atom. The SMILES string of the molecule is CCC[C@@H](NN(C(=O)c1cc(C)cc(C)c1)C(=O)c1cc(OC)c(C)c(OC)c1)C(C)(C)C. The second-order valence-corrected chi connectivity index (χ2v) is 9.66. The molecule has 0 unspecified atom stereocenters. The van der Waals surface area contributed by atoms with Gasteiger partial charge in [0.05, 0.1) is 14.2 Å². The van der Waals surface area contributed by atoms with E-state index in [1.165, 1.54) is 0 Å². The molecule has 2 aromatic rings. The summed E-state index contributed by atoms with van der Waals surface area (Å²) in [5.41, 5.74) is 6.59. The van der Waals surface area contributed by atoms with Gasteiger partial charge in [0.15, 0.2) is 0 Å². The first kappa shape index (κ1) is 26.4. The van der Waals surface area contributed by atoms with E-state index >= 15 is 0 Å². The topological polar surface area (TPSA) is 67.9 Å². The van der Waals surface area contributed by atoms with E-state index in [4.69, 9.17) is 9.47 Å². The van der Waals surface area contributed by atoms with Gasteiger partial charge in [-0.3, -0.25) is 9.59 Å². The Bertz CT molecular complexity index is 962. The summed E-state index contributed by atoms with van der Waals surface area (Å²) in [5.74, 6) is 0.201. The number of amides is 2. The van der Waals surface area contributed by atoms with Crippen molar-refractivity contribution < 1.29 is 19.1 Å². The van der Waals surface area contributed by atoms with Crippen LogP contribution >= 0.6 is 0 Å². The molecule has 0 saturated carbocycles. The zero-order valence-electron chi connectivity index (χ0n) is 21.5. The molecule has 0 heterocycles. The average Bonchev–Trinajstić information content (AvgIpc) is 2.74. The molecule has 2 aromatic carbocycles. The highest BCUT2D eigenvalue weighted by Crippen LogP contribution is 2.31. The zero-order valence-corrected chi connectivity index (χ0v) is 21.5. The Morgan fingerprint density at radius 2 is 1.33 bits per heavy atom. The molecule has 0 saturated heterocycles. The predicted molar refractivity (Wildman–Crippen MR) is 132 cm³/mol. The Balaban J connectivity index is 2.60. The molecule has 0 aliphatic heterocycles. The van der Waals surface area contributed by atoms with E-state index < -0.39 is 11.8 Å². The lowest BCUT2D eigenvalue weighted by atomic mass is 9.84. The molecular weight excluding hydrogens is 416 g/mol. The maximum absolute atomic E-state index is 13.8. The standard InChI is InChI=1S/C27H38N2O4/c1-10-11-24(27(5,6)7)28-29(25(30)20-13-17(2)12-18(3)14-20)26(31)21-15-22(32-8)19(4)23(16-21)33-9/h12-16,24,28H,10-11H2,1-9H3/t24-/m1/s1. The molecule has 2 amide bonds. The Labute approximate surface area is 198 Å². The molecule has 2 rings (SSSR count). The van der Waals surface area contributed by atoms with Crippen molar-refractivity contribution in [1.82, 2.24) is 10.4 Å². The van der Waals surface area contributed by atoms with Crippen LogP contribution in [0.3, 0.4) is 0 Å². The maximum atomic E-state index is 13.8. The molecule has 0 fully saturated rings. The van der Waals surface area contributed by atoms with Crippen molar-refractivity contribution >= 4 is 11.8 Å². The fourth-order valence-corrected chi connectivity index (χ4v) is 3.91.